The van der Waals surface area contributed by atoms with E-state index in [0.717, 1.165) is 27.8 Å². The zero-order valence-corrected chi connectivity index (χ0v) is 20.5. The zero-order chi connectivity index (χ0) is 24.4. The third-order valence-electron chi connectivity index (χ3n) is 5.99. The van der Waals surface area contributed by atoms with Gasteiger partial charge in [-0.3, -0.25) is 5.32 Å². The minimum absolute atomic E-state index is 0.0503. The molecule has 0 saturated carbocycles. The Hall–Kier alpha value is -3.61. The maximum Gasteiger partial charge on any atom is 0.412 e. The normalized spacial score (nSPS) is 12.1. The summed E-state index contributed by atoms with van der Waals surface area (Å²) in [5.74, 6) is -0.557. The van der Waals surface area contributed by atoms with Crippen LogP contribution in [0.15, 0.2) is 78.2 Å². The van der Waals surface area contributed by atoms with Crippen LogP contribution >= 0.6 is 22.9 Å². The number of carbonyl (C=O) groups is 2. The second-order valence-corrected chi connectivity index (χ2v) is 9.35. The second-order valence-electron chi connectivity index (χ2n) is 8.03. The smallest absolute Gasteiger partial charge is 0.412 e. The Morgan fingerprint density at radius 2 is 1.51 bits per heavy atom. The summed E-state index contributed by atoms with van der Waals surface area (Å²) in [6.45, 7) is 2.15. The fraction of sp³-hybridized carbons (Fsp3) is 0.143. The molecule has 0 aliphatic heterocycles. The molecule has 35 heavy (non-hydrogen) atoms. The highest BCUT2D eigenvalue weighted by molar-refractivity contribution is 7.15. The summed E-state index contributed by atoms with van der Waals surface area (Å²) in [6, 6.07) is 23.5. The standard InChI is InChI=1S/C28H22ClNO4S/c1-2-33-27(31)25-24(17-11-13-18(29)14-12-17)16-35-26(25)30-28(32)34-15-23-21-9-5-3-7-19(21)20-8-4-6-10-22(20)23/h3-14,16,23H,2,15H2,1H3,(H,30,32). The summed E-state index contributed by atoms with van der Waals surface area (Å²) in [7, 11) is 0. The lowest BCUT2D eigenvalue weighted by Gasteiger charge is -2.15. The van der Waals surface area contributed by atoms with Crippen molar-refractivity contribution in [2.45, 2.75) is 12.8 Å². The van der Waals surface area contributed by atoms with Crippen molar-refractivity contribution in [3.63, 3.8) is 0 Å². The van der Waals surface area contributed by atoms with Crippen molar-refractivity contribution in [1.82, 2.24) is 0 Å². The van der Waals surface area contributed by atoms with Crippen molar-refractivity contribution in [2.75, 3.05) is 18.5 Å². The Morgan fingerprint density at radius 1 is 0.886 bits per heavy atom. The molecule has 1 aliphatic carbocycles. The maximum atomic E-state index is 12.8. The number of nitrogens with one attached hydrogen (secondary N) is 1. The van der Waals surface area contributed by atoms with Gasteiger partial charge in [-0.05, 0) is 46.9 Å². The predicted octanol–water partition coefficient (Wildman–Crippen LogP) is 7.61. The van der Waals surface area contributed by atoms with Gasteiger partial charge in [0.05, 0.1) is 6.61 Å². The molecule has 1 N–H and O–H groups in total. The zero-order valence-electron chi connectivity index (χ0n) is 18.9. The highest BCUT2D eigenvalue weighted by atomic mass is 35.5. The Morgan fingerprint density at radius 3 is 2.14 bits per heavy atom. The molecule has 3 aromatic carbocycles. The summed E-state index contributed by atoms with van der Waals surface area (Å²) in [5.41, 5.74) is 6.35. The monoisotopic (exact) mass is 503 g/mol. The Labute approximate surface area is 212 Å². The average molecular weight is 504 g/mol. The number of fused-ring (bicyclic) bond motifs is 3. The first-order chi connectivity index (χ1) is 17.1. The highest BCUT2D eigenvalue weighted by Gasteiger charge is 2.29. The summed E-state index contributed by atoms with van der Waals surface area (Å²) < 4.78 is 10.9. The van der Waals surface area contributed by atoms with Crippen molar-refractivity contribution in [3.8, 4) is 22.3 Å². The van der Waals surface area contributed by atoms with E-state index in [1.807, 2.05) is 41.8 Å². The first kappa shape index (κ1) is 23.1. The van der Waals surface area contributed by atoms with Gasteiger partial charge in [0, 0.05) is 21.9 Å². The lowest BCUT2D eigenvalue weighted by Crippen LogP contribution is -2.19. The van der Waals surface area contributed by atoms with E-state index in [1.54, 1.807) is 19.1 Å². The molecule has 0 atom stereocenters. The van der Waals surface area contributed by atoms with E-state index >= 15 is 0 Å². The number of carbonyl (C=O) groups excluding carboxylic acids is 2. The van der Waals surface area contributed by atoms with Gasteiger partial charge in [-0.2, -0.15) is 0 Å². The minimum atomic E-state index is -0.623. The molecular weight excluding hydrogens is 482 g/mol. The molecule has 1 heterocycles. The van der Waals surface area contributed by atoms with Gasteiger partial charge < -0.3 is 9.47 Å². The molecule has 0 saturated heterocycles. The van der Waals surface area contributed by atoms with E-state index in [0.29, 0.717) is 21.2 Å². The Bertz CT molecular complexity index is 1350. The molecule has 0 fully saturated rings. The van der Waals surface area contributed by atoms with Gasteiger partial charge in [0.2, 0.25) is 0 Å². The number of benzene rings is 3. The van der Waals surface area contributed by atoms with E-state index in [9.17, 15) is 9.59 Å². The molecule has 1 aromatic heterocycles. The van der Waals surface area contributed by atoms with Gasteiger partial charge in [0.15, 0.2) is 0 Å². The van der Waals surface area contributed by atoms with Crippen LogP contribution in [0, 0.1) is 0 Å². The average Bonchev–Trinajstić information content (AvgIpc) is 3.42. The van der Waals surface area contributed by atoms with Gasteiger partial charge >= 0.3 is 12.1 Å². The number of rotatable bonds is 6. The van der Waals surface area contributed by atoms with E-state index in [-0.39, 0.29) is 19.1 Å². The van der Waals surface area contributed by atoms with Gasteiger partial charge in [-0.1, -0.05) is 72.3 Å². The predicted molar refractivity (Wildman–Crippen MR) is 139 cm³/mol. The fourth-order valence-electron chi connectivity index (χ4n) is 4.42. The molecule has 7 heteroatoms. The lowest BCUT2D eigenvalue weighted by molar-refractivity contribution is 0.0529. The van der Waals surface area contributed by atoms with Crippen LogP contribution < -0.4 is 5.32 Å². The molecular formula is C28H22ClNO4S. The summed E-state index contributed by atoms with van der Waals surface area (Å²) >= 11 is 7.26. The number of amides is 1. The molecule has 1 aliphatic rings. The van der Waals surface area contributed by atoms with E-state index in [1.165, 1.54) is 11.3 Å². The molecule has 0 bridgehead atoms. The largest absolute Gasteiger partial charge is 0.462 e. The van der Waals surface area contributed by atoms with Gasteiger partial charge in [0.1, 0.15) is 17.2 Å². The molecule has 0 radical (unpaired) electrons. The van der Waals surface area contributed by atoms with Crippen LogP contribution in [0.5, 0.6) is 0 Å². The van der Waals surface area contributed by atoms with Crippen LogP contribution in [0.4, 0.5) is 9.80 Å². The molecule has 1 amide bonds. The quantitative estimate of drug-likeness (QED) is 0.275. The van der Waals surface area contributed by atoms with Crippen LogP contribution in [-0.4, -0.2) is 25.3 Å². The first-order valence-corrected chi connectivity index (χ1v) is 12.5. The van der Waals surface area contributed by atoms with Gasteiger partial charge in [-0.15, -0.1) is 11.3 Å². The SMILES string of the molecule is CCOC(=O)c1c(-c2ccc(Cl)cc2)csc1NC(=O)OCC1c2ccccc2-c2ccccc21. The van der Waals surface area contributed by atoms with Crippen molar-refractivity contribution in [1.29, 1.82) is 0 Å². The van der Waals surface area contributed by atoms with Crippen molar-refractivity contribution < 1.29 is 19.1 Å². The van der Waals surface area contributed by atoms with E-state index in [2.05, 4.69) is 29.6 Å². The lowest BCUT2D eigenvalue weighted by atomic mass is 9.98. The first-order valence-electron chi connectivity index (χ1n) is 11.2. The number of hydrogen-bond acceptors (Lipinski definition) is 5. The third-order valence-corrected chi connectivity index (χ3v) is 7.13. The molecule has 4 aromatic rings. The van der Waals surface area contributed by atoms with Crippen molar-refractivity contribution in [3.05, 3.63) is 99.9 Å². The minimum Gasteiger partial charge on any atom is -0.462 e. The maximum absolute atomic E-state index is 12.8. The Kier molecular flexibility index (Phi) is 6.57. The highest BCUT2D eigenvalue weighted by Crippen LogP contribution is 2.44. The molecule has 5 nitrogen and oxygen atoms in total. The van der Waals surface area contributed by atoms with Crippen LogP contribution in [0.1, 0.15) is 34.3 Å². The van der Waals surface area contributed by atoms with Crippen molar-refractivity contribution in [2.24, 2.45) is 0 Å². The molecule has 0 spiro atoms. The van der Waals surface area contributed by atoms with E-state index < -0.39 is 12.1 Å². The van der Waals surface area contributed by atoms with Gasteiger partial charge in [0.25, 0.3) is 0 Å². The number of halogens is 1. The topological polar surface area (TPSA) is 64.6 Å². The third kappa shape index (κ3) is 4.55. The number of anilines is 1. The molecule has 176 valence electrons. The van der Waals surface area contributed by atoms with Crippen LogP contribution in [-0.2, 0) is 9.47 Å². The number of hydrogen-bond donors (Lipinski definition) is 1. The summed E-state index contributed by atoms with van der Waals surface area (Å²) in [5, 5.41) is 5.54. The second kappa shape index (κ2) is 9.94. The summed E-state index contributed by atoms with van der Waals surface area (Å²) in [6.07, 6.45) is -0.623. The number of thiophene rings is 1. The van der Waals surface area contributed by atoms with Crippen LogP contribution in [0.25, 0.3) is 22.3 Å². The Balaban J connectivity index is 1.36. The molecule has 0 unspecified atom stereocenters. The van der Waals surface area contributed by atoms with Crippen LogP contribution in [0.3, 0.4) is 0 Å². The molecule has 5 rings (SSSR count). The van der Waals surface area contributed by atoms with Gasteiger partial charge in [-0.25, -0.2) is 9.59 Å². The fourth-order valence-corrected chi connectivity index (χ4v) is 5.49. The number of esters is 1. The van der Waals surface area contributed by atoms with Crippen molar-refractivity contribution >= 4 is 40.0 Å². The number of ether oxygens (including phenoxy) is 2. The van der Waals surface area contributed by atoms with Crippen LogP contribution in [0.2, 0.25) is 5.02 Å². The summed E-state index contributed by atoms with van der Waals surface area (Å²) in [4.78, 5) is 25.6. The van der Waals surface area contributed by atoms with E-state index in [4.69, 9.17) is 21.1 Å².